The molecule has 1 aromatic heterocycles. The summed E-state index contributed by atoms with van der Waals surface area (Å²) in [5.74, 6) is -0.892. The molecule has 4 rings (SSSR count). The molecule has 3 aromatic rings. The van der Waals surface area contributed by atoms with Crippen molar-refractivity contribution in [3.05, 3.63) is 77.2 Å². The number of aromatic nitrogens is 1. The molecule has 2 amide bonds. The summed E-state index contributed by atoms with van der Waals surface area (Å²) < 4.78 is 10.5. The molecule has 35 heavy (non-hydrogen) atoms. The van der Waals surface area contributed by atoms with E-state index >= 15 is 0 Å². The topological polar surface area (TPSA) is 131 Å². The Morgan fingerprint density at radius 3 is 2.37 bits per heavy atom. The van der Waals surface area contributed by atoms with Gasteiger partial charge in [-0.2, -0.15) is 11.8 Å². The summed E-state index contributed by atoms with van der Waals surface area (Å²) in [5, 5.41) is 17.6. The molecule has 0 fully saturated rings. The van der Waals surface area contributed by atoms with Crippen LogP contribution < -0.4 is 10.6 Å². The van der Waals surface area contributed by atoms with E-state index in [4.69, 9.17) is 14.4 Å². The number of benzene rings is 2. The predicted octanol–water partition coefficient (Wildman–Crippen LogP) is 3.65. The van der Waals surface area contributed by atoms with Crippen molar-refractivity contribution < 1.29 is 28.8 Å². The molecular formula is C25H25N3O6S. The van der Waals surface area contributed by atoms with Crippen LogP contribution in [0.15, 0.2) is 59.1 Å². The zero-order valence-corrected chi connectivity index (χ0v) is 19.8. The van der Waals surface area contributed by atoms with Gasteiger partial charge in [-0.1, -0.05) is 53.7 Å². The van der Waals surface area contributed by atoms with Crippen molar-refractivity contribution in [2.45, 2.75) is 24.9 Å². The smallest absolute Gasteiger partial charge is 0.407 e. The Kier molecular flexibility index (Phi) is 7.71. The van der Waals surface area contributed by atoms with Crippen LogP contribution in [0.25, 0.3) is 11.1 Å². The van der Waals surface area contributed by atoms with Crippen LogP contribution in [0.5, 0.6) is 0 Å². The fraction of sp³-hybridized carbons (Fsp3) is 0.280. The van der Waals surface area contributed by atoms with E-state index in [9.17, 15) is 14.4 Å². The summed E-state index contributed by atoms with van der Waals surface area (Å²) in [7, 11) is 0. The summed E-state index contributed by atoms with van der Waals surface area (Å²) in [5.41, 5.74) is 4.22. The van der Waals surface area contributed by atoms with E-state index in [1.165, 1.54) is 6.07 Å². The molecule has 0 spiro atoms. The number of aromatic carboxylic acids is 1. The van der Waals surface area contributed by atoms with Gasteiger partial charge < -0.3 is 25.0 Å². The molecule has 0 saturated heterocycles. The second kappa shape index (κ2) is 11.1. The summed E-state index contributed by atoms with van der Waals surface area (Å²) in [6.07, 6.45) is 1.62. The Morgan fingerprint density at radius 1 is 1.11 bits per heavy atom. The van der Waals surface area contributed by atoms with Crippen LogP contribution in [-0.4, -0.2) is 52.9 Å². The van der Waals surface area contributed by atoms with Gasteiger partial charge in [-0.05, 0) is 40.7 Å². The van der Waals surface area contributed by atoms with Gasteiger partial charge in [0.2, 0.25) is 5.91 Å². The fourth-order valence-electron chi connectivity index (χ4n) is 4.08. The largest absolute Gasteiger partial charge is 0.476 e. The highest BCUT2D eigenvalue weighted by atomic mass is 32.2. The van der Waals surface area contributed by atoms with Crippen molar-refractivity contribution in [1.29, 1.82) is 0 Å². The van der Waals surface area contributed by atoms with E-state index in [0.717, 1.165) is 22.3 Å². The third-order valence-electron chi connectivity index (χ3n) is 5.78. The molecule has 182 valence electrons. The molecule has 10 heteroatoms. The van der Waals surface area contributed by atoms with Gasteiger partial charge in [0.1, 0.15) is 12.6 Å². The van der Waals surface area contributed by atoms with Crippen molar-refractivity contribution >= 4 is 29.7 Å². The molecule has 2 aromatic carbocycles. The molecule has 0 radical (unpaired) electrons. The molecule has 0 bridgehead atoms. The minimum atomic E-state index is -1.22. The zero-order valence-electron chi connectivity index (χ0n) is 19.0. The Morgan fingerprint density at radius 2 is 1.77 bits per heavy atom. The number of ether oxygens (including phenoxy) is 1. The standard InChI is InChI=1S/C25H25N3O6S/c1-35-11-10-21(23(29)26-13-15-12-22(24(30)31)28-34-15)27-25(32)33-14-20-18-8-4-2-6-16(18)17-7-3-5-9-19(17)20/h2-9,12,20-21H,10-11,13-14H2,1H3,(H,26,29)(H,27,32)(H,30,31)/t21-/m0/s1. The summed E-state index contributed by atoms with van der Waals surface area (Å²) in [6, 6.07) is 16.5. The number of hydrogen-bond acceptors (Lipinski definition) is 7. The lowest BCUT2D eigenvalue weighted by molar-refractivity contribution is -0.123. The van der Waals surface area contributed by atoms with Gasteiger partial charge in [0.05, 0.1) is 6.54 Å². The first kappa shape index (κ1) is 24.3. The zero-order chi connectivity index (χ0) is 24.8. The van der Waals surface area contributed by atoms with E-state index in [0.29, 0.717) is 12.2 Å². The van der Waals surface area contributed by atoms with Crippen LogP contribution in [0.4, 0.5) is 4.79 Å². The van der Waals surface area contributed by atoms with Crippen molar-refractivity contribution in [2.24, 2.45) is 0 Å². The lowest BCUT2D eigenvalue weighted by atomic mass is 9.98. The van der Waals surface area contributed by atoms with Crippen LogP contribution in [0.3, 0.4) is 0 Å². The Hall–Kier alpha value is -3.79. The predicted molar refractivity (Wildman–Crippen MR) is 130 cm³/mol. The number of nitrogens with one attached hydrogen (secondary N) is 2. The lowest BCUT2D eigenvalue weighted by Crippen LogP contribution is -2.47. The second-order valence-corrected chi connectivity index (χ2v) is 8.99. The Balaban J connectivity index is 1.36. The number of carbonyl (C=O) groups excluding carboxylic acids is 2. The normalized spacial score (nSPS) is 12.9. The van der Waals surface area contributed by atoms with E-state index in [1.54, 1.807) is 11.8 Å². The van der Waals surface area contributed by atoms with Gasteiger partial charge in [-0.25, -0.2) is 9.59 Å². The third-order valence-corrected chi connectivity index (χ3v) is 6.42. The van der Waals surface area contributed by atoms with Crippen LogP contribution in [0, 0.1) is 0 Å². The van der Waals surface area contributed by atoms with E-state index in [1.807, 2.05) is 42.7 Å². The maximum atomic E-state index is 12.7. The highest BCUT2D eigenvalue weighted by Crippen LogP contribution is 2.44. The van der Waals surface area contributed by atoms with Crippen molar-refractivity contribution in [3.63, 3.8) is 0 Å². The number of carbonyl (C=O) groups is 3. The maximum Gasteiger partial charge on any atom is 0.407 e. The number of nitrogens with zero attached hydrogens (tertiary/aromatic N) is 1. The van der Waals surface area contributed by atoms with Crippen molar-refractivity contribution in [1.82, 2.24) is 15.8 Å². The SMILES string of the molecule is CSCC[C@H](NC(=O)OCC1c2ccccc2-c2ccccc21)C(=O)NCc1cc(C(=O)O)no1. The van der Waals surface area contributed by atoms with Crippen LogP contribution >= 0.6 is 11.8 Å². The molecule has 9 nitrogen and oxygen atoms in total. The van der Waals surface area contributed by atoms with Crippen LogP contribution in [0.1, 0.15) is 39.7 Å². The third kappa shape index (κ3) is 5.65. The number of hydrogen-bond donors (Lipinski definition) is 3. The van der Waals surface area contributed by atoms with Crippen molar-refractivity contribution in [3.8, 4) is 11.1 Å². The number of rotatable bonds is 10. The van der Waals surface area contributed by atoms with Crippen molar-refractivity contribution in [2.75, 3.05) is 18.6 Å². The average Bonchev–Trinajstić information content (AvgIpc) is 3.47. The minimum absolute atomic E-state index is 0.0543. The first-order valence-corrected chi connectivity index (χ1v) is 12.4. The highest BCUT2D eigenvalue weighted by molar-refractivity contribution is 7.98. The highest BCUT2D eigenvalue weighted by Gasteiger charge is 2.29. The summed E-state index contributed by atoms with van der Waals surface area (Å²) in [6.45, 7) is 0.0913. The number of carboxylic acid groups (broad SMARTS) is 1. The number of fused-ring (bicyclic) bond motifs is 3. The molecule has 0 unspecified atom stereocenters. The lowest BCUT2D eigenvalue weighted by Gasteiger charge is -2.19. The first-order valence-electron chi connectivity index (χ1n) is 11.0. The molecule has 1 heterocycles. The molecular weight excluding hydrogens is 470 g/mol. The summed E-state index contributed by atoms with van der Waals surface area (Å²) >= 11 is 1.55. The minimum Gasteiger partial charge on any atom is -0.476 e. The molecule has 1 aliphatic rings. The summed E-state index contributed by atoms with van der Waals surface area (Å²) in [4.78, 5) is 36.3. The van der Waals surface area contributed by atoms with Gasteiger partial charge in [-0.15, -0.1) is 0 Å². The molecule has 3 N–H and O–H groups in total. The van der Waals surface area contributed by atoms with Gasteiger partial charge in [-0.3, -0.25) is 4.79 Å². The first-order chi connectivity index (χ1) is 17.0. The molecule has 1 atom stereocenters. The fourth-order valence-corrected chi connectivity index (χ4v) is 4.55. The maximum absolute atomic E-state index is 12.7. The second-order valence-electron chi connectivity index (χ2n) is 8.01. The molecule has 0 saturated carbocycles. The Bertz CT molecular complexity index is 1180. The van der Waals surface area contributed by atoms with Gasteiger partial charge in [0.25, 0.3) is 0 Å². The Labute approximate surface area is 206 Å². The number of carboxylic acids is 1. The van der Waals surface area contributed by atoms with E-state index < -0.39 is 24.0 Å². The number of amides is 2. The number of alkyl carbamates (subject to hydrolysis) is 1. The van der Waals surface area contributed by atoms with Crippen LogP contribution in [-0.2, 0) is 16.1 Å². The van der Waals surface area contributed by atoms with Gasteiger partial charge >= 0.3 is 12.1 Å². The average molecular weight is 496 g/mol. The van der Waals surface area contributed by atoms with Crippen LogP contribution in [0.2, 0.25) is 0 Å². The van der Waals surface area contributed by atoms with E-state index in [-0.39, 0.29) is 30.5 Å². The molecule has 1 aliphatic carbocycles. The molecule has 0 aliphatic heterocycles. The van der Waals surface area contributed by atoms with E-state index in [2.05, 4.69) is 27.9 Å². The van der Waals surface area contributed by atoms with Gasteiger partial charge in [0.15, 0.2) is 11.5 Å². The number of thioether (sulfide) groups is 1. The monoisotopic (exact) mass is 495 g/mol. The quantitative estimate of drug-likeness (QED) is 0.389. The van der Waals surface area contributed by atoms with Gasteiger partial charge in [0, 0.05) is 12.0 Å².